The zero-order valence-corrected chi connectivity index (χ0v) is 8.60. The Morgan fingerprint density at radius 1 is 1.27 bits per heavy atom. The number of methoxy groups -OCH3 is 1. The molecule has 0 N–H and O–H groups in total. The Balaban J connectivity index is 2.25. The van der Waals surface area contributed by atoms with Crippen molar-refractivity contribution in [1.82, 2.24) is 0 Å². The van der Waals surface area contributed by atoms with Gasteiger partial charge in [-0.25, -0.2) is 4.79 Å². The molecule has 0 bridgehead atoms. The fourth-order valence-electron chi connectivity index (χ4n) is 1.50. The van der Waals surface area contributed by atoms with E-state index < -0.39 is 12.1 Å². The SMILES string of the molecule is COC(=O)[C@H]1Oc2ccccc2O[C@@H]1C. The van der Waals surface area contributed by atoms with E-state index in [1.165, 1.54) is 7.11 Å². The number of hydrogen-bond acceptors (Lipinski definition) is 4. The fraction of sp³-hybridized carbons (Fsp3) is 0.364. The van der Waals surface area contributed by atoms with E-state index in [2.05, 4.69) is 4.74 Å². The van der Waals surface area contributed by atoms with Crippen molar-refractivity contribution < 1.29 is 19.0 Å². The van der Waals surface area contributed by atoms with Gasteiger partial charge in [-0.05, 0) is 19.1 Å². The summed E-state index contributed by atoms with van der Waals surface area (Å²) in [6.07, 6.45) is -1.03. The Hall–Kier alpha value is -1.71. The van der Waals surface area contributed by atoms with E-state index in [9.17, 15) is 4.79 Å². The van der Waals surface area contributed by atoms with Crippen LogP contribution in [0.4, 0.5) is 0 Å². The van der Waals surface area contributed by atoms with Gasteiger partial charge in [-0.1, -0.05) is 12.1 Å². The monoisotopic (exact) mass is 208 g/mol. The highest BCUT2D eigenvalue weighted by Gasteiger charge is 2.34. The highest BCUT2D eigenvalue weighted by Crippen LogP contribution is 2.33. The summed E-state index contributed by atoms with van der Waals surface area (Å²) in [4.78, 5) is 11.4. The van der Waals surface area contributed by atoms with Gasteiger partial charge in [-0.3, -0.25) is 0 Å². The van der Waals surface area contributed by atoms with E-state index in [0.29, 0.717) is 11.5 Å². The number of carbonyl (C=O) groups is 1. The first kappa shape index (κ1) is 9.83. The molecule has 4 heteroatoms. The molecule has 2 atom stereocenters. The molecular formula is C11H12O4. The minimum absolute atomic E-state index is 0.340. The van der Waals surface area contributed by atoms with E-state index >= 15 is 0 Å². The second-order valence-electron chi connectivity index (χ2n) is 3.33. The lowest BCUT2D eigenvalue weighted by Gasteiger charge is -2.29. The molecule has 15 heavy (non-hydrogen) atoms. The summed E-state index contributed by atoms with van der Waals surface area (Å²) in [5.74, 6) is 0.813. The average molecular weight is 208 g/mol. The normalized spacial score (nSPS) is 23.3. The minimum Gasteiger partial charge on any atom is -0.482 e. The van der Waals surface area contributed by atoms with E-state index in [1.807, 2.05) is 12.1 Å². The molecule has 0 unspecified atom stereocenters. The van der Waals surface area contributed by atoms with Crippen LogP contribution in [0.3, 0.4) is 0 Å². The number of ether oxygens (including phenoxy) is 3. The molecule has 0 saturated heterocycles. The Kier molecular flexibility index (Phi) is 2.49. The topological polar surface area (TPSA) is 44.8 Å². The number of carbonyl (C=O) groups excluding carboxylic acids is 1. The average Bonchev–Trinajstić information content (AvgIpc) is 2.27. The molecule has 1 aromatic carbocycles. The highest BCUT2D eigenvalue weighted by atomic mass is 16.6. The summed E-state index contributed by atoms with van der Waals surface area (Å²) in [5, 5.41) is 0. The van der Waals surface area contributed by atoms with Gasteiger partial charge in [0.25, 0.3) is 0 Å². The number of para-hydroxylation sites is 2. The van der Waals surface area contributed by atoms with Gasteiger partial charge in [0.1, 0.15) is 6.10 Å². The third-order valence-electron chi connectivity index (χ3n) is 2.28. The maximum atomic E-state index is 11.4. The van der Waals surface area contributed by atoms with E-state index in [0.717, 1.165) is 0 Å². The van der Waals surface area contributed by atoms with Crippen LogP contribution in [0.2, 0.25) is 0 Å². The molecule has 0 saturated carbocycles. The quantitative estimate of drug-likeness (QED) is 0.654. The summed E-state index contributed by atoms with van der Waals surface area (Å²) in [7, 11) is 1.33. The zero-order chi connectivity index (χ0) is 10.8. The van der Waals surface area contributed by atoms with Crippen LogP contribution in [-0.2, 0) is 9.53 Å². The van der Waals surface area contributed by atoms with Crippen LogP contribution < -0.4 is 9.47 Å². The summed E-state index contributed by atoms with van der Waals surface area (Å²) in [6, 6.07) is 7.25. The molecule has 1 aromatic rings. The minimum atomic E-state index is -0.690. The Labute approximate surface area is 87.8 Å². The van der Waals surface area contributed by atoms with Gasteiger partial charge in [0.15, 0.2) is 11.5 Å². The van der Waals surface area contributed by atoms with Gasteiger partial charge in [0.05, 0.1) is 7.11 Å². The van der Waals surface area contributed by atoms with Crippen LogP contribution >= 0.6 is 0 Å². The van der Waals surface area contributed by atoms with E-state index in [1.54, 1.807) is 19.1 Å². The molecule has 0 amide bonds. The van der Waals surface area contributed by atoms with Gasteiger partial charge >= 0.3 is 5.97 Å². The van der Waals surface area contributed by atoms with Gasteiger partial charge in [-0.2, -0.15) is 0 Å². The van der Waals surface area contributed by atoms with Crippen molar-refractivity contribution in [3.63, 3.8) is 0 Å². The summed E-state index contributed by atoms with van der Waals surface area (Å²) in [5.41, 5.74) is 0. The van der Waals surface area contributed by atoms with Crippen LogP contribution in [0.5, 0.6) is 11.5 Å². The van der Waals surface area contributed by atoms with Crippen LogP contribution in [-0.4, -0.2) is 25.3 Å². The number of fused-ring (bicyclic) bond motifs is 1. The Morgan fingerprint density at radius 2 is 1.87 bits per heavy atom. The molecule has 0 aromatic heterocycles. The third kappa shape index (κ3) is 1.75. The third-order valence-corrected chi connectivity index (χ3v) is 2.28. The van der Waals surface area contributed by atoms with Crippen LogP contribution in [0.15, 0.2) is 24.3 Å². The highest BCUT2D eigenvalue weighted by molar-refractivity contribution is 5.76. The molecular weight excluding hydrogens is 196 g/mol. The van der Waals surface area contributed by atoms with Crippen molar-refractivity contribution in [3.05, 3.63) is 24.3 Å². The van der Waals surface area contributed by atoms with Crippen LogP contribution in [0.25, 0.3) is 0 Å². The molecule has 0 spiro atoms. The van der Waals surface area contributed by atoms with Gasteiger partial charge in [0, 0.05) is 0 Å². The number of benzene rings is 1. The standard InChI is InChI=1S/C11H12O4/c1-7-10(11(12)13-2)15-9-6-4-3-5-8(9)14-7/h3-7,10H,1-2H3/t7-,10+/m1/s1. The molecule has 2 rings (SSSR count). The Bertz CT molecular complexity index is 375. The number of hydrogen-bond donors (Lipinski definition) is 0. The predicted octanol–water partition coefficient (Wildman–Crippen LogP) is 1.39. The second-order valence-corrected chi connectivity index (χ2v) is 3.33. The molecule has 1 aliphatic rings. The number of esters is 1. The van der Waals surface area contributed by atoms with E-state index in [-0.39, 0.29) is 6.10 Å². The van der Waals surface area contributed by atoms with E-state index in [4.69, 9.17) is 9.47 Å². The first-order valence-corrected chi connectivity index (χ1v) is 4.72. The molecule has 0 fully saturated rings. The molecule has 80 valence electrons. The van der Waals surface area contributed by atoms with Crippen molar-refractivity contribution in [2.24, 2.45) is 0 Å². The molecule has 0 aliphatic carbocycles. The largest absolute Gasteiger partial charge is 0.482 e. The fourth-order valence-corrected chi connectivity index (χ4v) is 1.50. The van der Waals surface area contributed by atoms with Crippen molar-refractivity contribution in [2.75, 3.05) is 7.11 Å². The maximum absolute atomic E-state index is 11.4. The zero-order valence-electron chi connectivity index (χ0n) is 8.60. The predicted molar refractivity (Wildman–Crippen MR) is 53.0 cm³/mol. The lowest BCUT2D eigenvalue weighted by molar-refractivity contribution is -0.154. The Morgan fingerprint density at radius 3 is 2.47 bits per heavy atom. The molecule has 0 radical (unpaired) electrons. The van der Waals surface area contributed by atoms with Crippen molar-refractivity contribution in [3.8, 4) is 11.5 Å². The molecule has 1 heterocycles. The number of rotatable bonds is 1. The van der Waals surface area contributed by atoms with Gasteiger partial charge in [-0.15, -0.1) is 0 Å². The van der Waals surface area contributed by atoms with Gasteiger partial charge < -0.3 is 14.2 Å². The van der Waals surface area contributed by atoms with Crippen molar-refractivity contribution in [2.45, 2.75) is 19.1 Å². The second kappa shape index (κ2) is 3.81. The smallest absolute Gasteiger partial charge is 0.351 e. The summed E-state index contributed by atoms with van der Waals surface area (Å²) < 4.78 is 15.7. The van der Waals surface area contributed by atoms with Gasteiger partial charge in [0.2, 0.25) is 6.10 Å². The van der Waals surface area contributed by atoms with Crippen LogP contribution in [0.1, 0.15) is 6.92 Å². The maximum Gasteiger partial charge on any atom is 0.351 e. The van der Waals surface area contributed by atoms with Crippen molar-refractivity contribution in [1.29, 1.82) is 0 Å². The molecule has 1 aliphatic heterocycles. The molecule has 4 nitrogen and oxygen atoms in total. The lowest BCUT2D eigenvalue weighted by Crippen LogP contribution is -2.44. The summed E-state index contributed by atoms with van der Waals surface area (Å²) >= 11 is 0. The first-order valence-electron chi connectivity index (χ1n) is 4.72. The van der Waals surface area contributed by atoms with Crippen LogP contribution in [0, 0.1) is 0 Å². The van der Waals surface area contributed by atoms with Crippen molar-refractivity contribution >= 4 is 5.97 Å². The first-order chi connectivity index (χ1) is 7.22. The lowest BCUT2D eigenvalue weighted by atomic mass is 10.2. The summed E-state index contributed by atoms with van der Waals surface area (Å²) in [6.45, 7) is 1.78.